The van der Waals surface area contributed by atoms with Crippen LogP contribution in [-0.2, 0) is 20.7 Å². The van der Waals surface area contributed by atoms with Gasteiger partial charge in [0.2, 0.25) is 0 Å². The molecule has 3 amide bonds. The van der Waals surface area contributed by atoms with E-state index in [1.54, 1.807) is 0 Å². The van der Waals surface area contributed by atoms with Gasteiger partial charge in [-0.1, -0.05) is 29.8 Å². The molecule has 4 aliphatic rings. The van der Waals surface area contributed by atoms with Gasteiger partial charge in [-0.3, -0.25) is 14.9 Å². The van der Waals surface area contributed by atoms with Crippen molar-refractivity contribution >= 4 is 17.9 Å². The Morgan fingerprint density at radius 1 is 1.00 bits per heavy atom. The molecule has 4 fully saturated rings. The molecule has 0 spiro atoms. The van der Waals surface area contributed by atoms with E-state index in [-0.39, 0.29) is 12.0 Å². The van der Waals surface area contributed by atoms with E-state index >= 15 is 0 Å². The number of benzene rings is 1. The van der Waals surface area contributed by atoms with Gasteiger partial charge in [0.1, 0.15) is 0 Å². The van der Waals surface area contributed by atoms with E-state index in [9.17, 15) is 14.4 Å². The third-order valence-electron chi connectivity index (χ3n) is 6.50. The van der Waals surface area contributed by atoms with Crippen LogP contribution in [0, 0.1) is 24.7 Å². The Morgan fingerprint density at radius 2 is 1.57 bits per heavy atom. The summed E-state index contributed by atoms with van der Waals surface area (Å²) in [6, 6.07) is 7.08. The fraction of sp³-hybridized carbons (Fsp3) is 0.591. The van der Waals surface area contributed by atoms with Crippen LogP contribution in [0.25, 0.3) is 0 Å². The molecule has 6 heteroatoms. The Balaban J connectivity index is 1.21. The van der Waals surface area contributed by atoms with E-state index in [1.165, 1.54) is 19.3 Å². The van der Waals surface area contributed by atoms with Crippen molar-refractivity contribution in [3.63, 3.8) is 0 Å². The first-order valence-corrected chi connectivity index (χ1v) is 10.2. The van der Waals surface area contributed by atoms with Gasteiger partial charge in [0.05, 0.1) is 6.42 Å². The van der Waals surface area contributed by atoms with Crippen LogP contribution in [-0.4, -0.2) is 30.1 Å². The predicted molar refractivity (Wildman–Crippen MR) is 103 cm³/mol. The number of aryl methyl sites for hydroxylation is 1. The van der Waals surface area contributed by atoms with Gasteiger partial charge in [-0.2, -0.15) is 0 Å². The number of esters is 1. The van der Waals surface area contributed by atoms with Gasteiger partial charge in [-0.15, -0.1) is 0 Å². The first kappa shape index (κ1) is 19.0. The van der Waals surface area contributed by atoms with Crippen molar-refractivity contribution < 1.29 is 19.1 Å². The standard InChI is InChI=1S/C22H28N2O4/c1-14-2-4-15(5-3-14)9-20(26)28-13-19(25)23-21(27)24-22-10-16-6-17(11-22)8-18(7-16)12-22/h2-5,16-18H,6-13H2,1H3,(H2,23,24,25,27). The van der Waals surface area contributed by atoms with Crippen LogP contribution in [0.2, 0.25) is 0 Å². The van der Waals surface area contributed by atoms with Gasteiger partial charge in [0, 0.05) is 5.54 Å². The zero-order valence-corrected chi connectivity index (χ0v) is 16.3. The Morgan fingerprint density at radius 3 is 2.14 bits per heavy atom. The molecule has 1 aromatic rings. The van der Waals surface area contributed by atoms with Gasteiger partial charge in [0.15, 0.2) is 6.61 Å². The summed E-state index contributed by atoms with van der Waals surface area (Å²) in [7, 11) is 0. The van der Waals surface area contributed by atoms with Crippen LogP contribution in [0.3, 0.4) is 0 Å². The topological polar surface area (TPSA) is 84.5 Å². The molecule has 5 rings (SSSR count). The minimum atomic E-state index is -0.598. The lowest BCUT2D eigenvalue weighted by molar-refractivity contribution is -0.147. The van der Waals surface area contributed by atoms with Crippen LogP contribution in [0.15, 0.2) is 24.3 Å². The number of amides is 3. The highest BCUT2D eigenvalue weighted by molar-refractivity contribution is 5.95. The molecular weight excluding hydrogens is 356 g/mol. The average Bonchev–Trinajstić information content (AvgIpc) is 2.60. The Hall–Kier alpha value is -2.37. The van der Waals surface area contributed by atoms with Crippen molar-refractivity contribution in [1.82, 2.24) is 10.6 Å². The number of carbonyl (C=O) groups is 3. The number of hydrogen-bond acceptors (Lipinski definition) is 4. The third kappa shape index (κ3) is 4.37. The second-order valence-corrected chi connectivity index (χ2v) is 9.02. The largest absolute Gasteiger partial charge is 0.455 e. The molecule has 4 saturated carbocycles. The van der Waals surface area contributed by atoms with Gasteiger partial charge in [0.25, 0.3) is 5.91 Å². The number of nitrogens with one attached hydrogen (secondary N) is 2. The molecular formula is C22H28N2O4. The van der Waals surface area contributed by atoms with Gasteiger partial charge >= 0.3 is 12.0 Å². The molecule has 4 aliphatic carbocycles. The lowest BCUT2D eigenvalue weighted by Crippen LogP contribution is -2.62. The van der Waals surface area contributed by atoms with Crippen LogP contribution in [0.1, 0.15) is 49.7 Å². The monoisotopic (exact) mass is 384 g/mol. The molecule has 0 aromatic heterocycles. The summed E-state index contributed by atoms with van der Waals surface area (Å²) >= 11 is 0. The summed E-state index contributed by atoms with van der Waals surface area (Å²) in [6.07, 6.45) is 7.03. The Bertz CT molecular complexity index is 736. The van der Waals surface area contributed by atoms with Crippen molar-refractivity contribution in [3.8, 4) is 0 Å². The molecule has 150 valence electrons. The molecule has 0 saturated heterocycles. The van der Waals surface area contributed by atoms with Crippen molar-refractivity contribution in [3.05, 3.63) is 35.4 Å². The van der Waals surface area contributed by atoms with Crippen LogP contribution >= 0.6 is 0 Å². The lowest BCUT2D eigenvalue weighted by atomic mass is 9.53. The number of imide groups is 1. The van der Waals surface area contributed by atoms with Crippen molar-refractivity contribution in [1.29, 1.82) is 0 Å². The number of hydrogen-bond donors (Lipinski definition) is 2. The Labute approximate surface area is 165 Å². The highest BCUT2D eigenvalue weighted by Gasteiger charge is 2.51. The van der Waals surface area contributed by atoms with E-state index in [0.29, 0.717) is 17.8 Å². The fourth-order valence-corrected chi connectivity index (χ4v) is 5.77. The molecule has 6 nitrogen and oxygen atoms in total. The number of ether oxygens (including phenoxy) is 1. The minimum absolute atomic E-state index is 0.104. The SMILES string of the molecule is Cc1ccc(CC(=O)OCC(=O)NC(=O)NC23CC4CC(CC(C4)C2)C3)cc1. The molecule has 0 atom stereocenters. The maximum Gasteiger partial charge on any atom is 0.321 e. The highest BCUT2D eigenvalue weighted by Crippen LogP contribution is 2.55. The summed E-state index contributed by atoms with van der Waals surface area (Å²) in [6.45, 7) is 1.53. The Kier molecular flexibility index (Phi) is 5.13. The smallest absolute Gasteiger partial charge is 0.321 e. The second kappa shape index (κ2) is 7.57. The van der Waals surface area contributed by atoms with Crippen molar-refractivity contribution in [2.24, 2.45) is 17.8 Å². The number of carbonyl (C=O) groups excluding carboxylic acids is 3. The molecule has 0 aliphatic heterocycles. The van der Waals surface area contributed by atoms with Gasteiger partial charge < -0.3 is 10.1 Å². The van der Waals surface area contributed by atoms with E-state index in [0.717, 1.165) is 30.4 Å². The lowest BCUT2D eigenvalue weighted by Gasteiger charge is -2.56. The molecule has 28 heavy (non-hydrogen) atoms. The summed E-state index contributed by atoms with van der Waals surface area (Å²) in [5, 5.41) is 5.39. The highest BCUT2D eigenvalue weighted by atomic mass is 16.5. The van der Waals surface area contributed by atoms with Crippen LogP contribution in [0.4, 0.5) is 4.79 Å². The normalized spacial score (nSPS) is 30.0. The molecule has 2 N–H and O–H groups in total. The van der Waals surface area contributed by atoms with E-state index in [1.807, 2.05) is 31.2 Å². The maximum atomic E-state index is 12.3. The maximum absolute atomic E-state index is 12.3. The number of rotatable bonds is 5. The summed E-state index contributed by atoms with van der Waals surface area (Å²) in [4.78, 5) is 36.2. The minimum Gasteiger partial charge on any atom is -0.455 e. The fourth-order valence-electron chi connectivity index (χ4n) is 5.77. The molecule has 0 radical (unpaired) electrons. The molecule has 0 heterocycles. The second-order valence-electron chi connectivity index (χ2n) is 9.02. The zero-order valence-electron chi connectivity index (χ0n) is 16.3. The van der Waals surface area contributed by atoms with Gasteiger partial charge in [-0.25, -0.2) is 4.79 Å². The van der Waals surface area contributed by atoms with Gasteiger partial charge in [-0.05, 0) is 68.8 Å². The predicted octanol–water partition coefficient (Wildman–Crippen LogP) is 2.88. The summed E-state index contributed by atoms with van der Waals surface area (Å²) in [5.41, 5.74) is 1.79. The van der Waals surface area contributed by atoms with Crippen molar-refractivity contribution in [2.45, 2.75) is 57.4 Å². The van der Waals surface area contributed by atoms with Crippen molar-refractivity contribution in [2.75, 3.05) is 6.61 Å². The molecule has 0 unspecified atom stereocenters. The van der Waals surface area contributed by atoms with E-state index in [4.69, 9.17) is 4.74 Å². The summed E-state index contributed by atoms with van der Waals surface area (Å²) < 4.78 is 5.00. The molecule has 4 bridgehead atoms. The van der Waals surface area contributed by atoms with Crippen LogP contribution in [0.5, 0.6) is 0 Å². The number of urea groups is 1. The van der Waals surface area contributed by atoms with Crippen LogP contribution < -0.4 is 10.6 Å². The quantitative estimate of drug-likeness (QED) is 0.765. The third-order valence-corrected chi connectivity index (χ3v) is 6.50. The zero-order chi connectivity index (χ0) is 19.7. The molecule has 1 aromatic carbocycles. The van der Waals surface area contributed by atoms with E-state index < -0.39 is 24.5 Å². The van der Waals surface area contributed by atoms with E-state index in [2.05, 4.69) is 10.6 Å². The average molecular weight is 384 g/mol. The first-order chi connectivity index (χ1) is 13.4. The summed E-state index contributed by atoms with van der Waals surface area (Å²) in [5.74, 6) is 1.06. The first-order valence-electron chi connectivity index (χ1n) is 10.2.